The van der Waals surface area contributed by atoms with Crippen LogP contribution in [-0.4, -0.2) is 18.6 Å². The Bertz CT molecular complexity index is 634. The molecule has 1 aliphatic rings. The zero-order valence-corrected chi connectivity index (χ0v) is 13.1. The molecule has 0 aliphatic carbocycles. The molecule has 23 heavy (non-hydrogen) atoms. The number of benzene rings is 2. The summed E-state index contributed by atoms with van der Waals surface area (Å²) < 4.78 is 5.81. The fraction of sp³-hybridized carbons (Fsp3) is 0.316. The molecule has 2 unspecified atom stereocenters. The topological polar surface area (TPSA) is 64.4 Å². The van der Waals surface area contributed by atoms with Crippen LogP contribution in [0.3, 0.4) is 0 Å². The first-order valence-corrected chi connectivity index (χ1v) is 8.04. The number of rotatable bonds is 5. The zero-order valence-electron chi connectivity index (χ0n) is 13.1. The van der Waals surface area contributed by atoms with E-state index in [1.165, 1.54) is 0 Å². The predicted molar refractivity (Wildman–Crippen MR) is 90.0 cm³/mol. The van der Waals surface area contributed by atoms with Gasteiger partial charge in [-0.3, -0.25) is 4.79 Å². The number of nitrogens with two attached hydrogens (primary N) is 1. The van der Waals surface area contributed by atoms with E-state index >= 15 is 0 Å². The van der Waals surface area contributed by atoms with E-state index in [2.05, 4.69) is 5.32 Å². The summed E-state index contributed by atoms with van der Waals surface area (Å²) in [5.41, 5.74) is 8.33. The molecule has 4 nitrogen and oxygen atoms in total. The minimum Gasteiger partial charge on any atom is -0.376 e. The smallest absolute Gasteiger partial charge is 0.251 e. The Kier molecular flexibility index (Phi) is 5.05. The van der Waals surface area contributed by atoms with E-state index in [1.54, 1.807) is 0 Å². The van der Waals surface area contributed by atoms with Gasteiger partial charge in [0, 0.05) is 18.7 Å². The molecular formula is C19H22N2O2. The average Bonchev–Trinajstić information content (AvgIpc) is 3.14. The Hall–Kier alpha value is -2.17. The number of hydrogen-bond acceptors (Lipinski definition) is 3. The SMILES string of the molecule is NCc1ccc(C(=O)NC(c2ccccc2)C2CCCO2)cc1. The summed E-state index contributed by atoms with van der Waals surface area (Å²) in [5.74, 6) is -0.0853. The minimum absolute atomic E-state index is 0.0321. The highest BCUT2D eigenvalue weighted by Crippen LogP contribution is 2.27. The lowest BCUT2D eigenvalue weighted by atomic mass is 9.98. The second-order valence-electron chi connectivity index (χ2n) is 5.81. The maximum atomic E-state index is 12.6. The van der Waals surface area contributed by atoms with Crippen molar-refractivity contribution in [3.05, 3.63) is 71.3 Å². The first-order valence-electron chi connectivity index (χ1n) is 8.04. The summed E-state index contributed by atoms with van der Waals surface area (Å²) in [5, 5.41) is 3.13. The lowest BCUT2D eigenvalue weighted by Gasteiger charge is -2.25. The molecule has 2 aromatic rings. The standard InChI is InChI=1S/C19H22N2O2/c20-13-14-8-10-16(11-9-14)19(22)21-18(17-7-4-12-23-17)15-5-2-1-3-6-15/h1-3,5-6,8-11,17-18H,4,7,12-13,20H2,(H,21,22). The van der Waals surface area contributed by atoms with Crippen molar-refractivity contribution >= 4 is 5.91 Å². The summed E-state index contributed by atoms with van der Waals surface area (Å²) in [6.45, 7) is 1.24. The molecule has 0 aromatic heterocycles. The number of amides is 1. The van der Waals surface area contributed by atoms with Crippen molar-refractivity contribution in [2.24, 2.45) is 5.73 Å². The van der Waals surface area contributed by atoms with Crippen molar-refractivity contribution < 1.29 is 9.53 Å². The van der Waals surface area contributed by atoms with Gasteiger partial charge >= 0.3 is 0 Å². The molecular weight excluding hydrogens is 288 g/mol. The fourth-order valence-electron chi connectivity index (χ4n) is 2.93. The lowest BCUT2D eigenvalue weighted by Crippen LogP contribution is -2.36. The Morgan fingerprint density at radius 2 is 1.91 bits per heavy atom. The van der Waals surface area contributed by atoms with E-state index in [0.29, 0.717) is 12.1 Å². The number of hydrogen-bond donors (Lipinski definition) is 2. The van der Waals surface area contributed by atoms with Gasteiger partial charge in [-0.2, -0.15) is 0 Å². The van der Waals surface area contributed by atoms with E-state index in [-0.39, 0.29) is 18.1 Å². The maximum Gasteiger partial charge on any atom is 0.251 e. The van der Waals surface area contributed by atoms with Crippen LogP contribution in [0, 0.1) is 0 Å². The number of carbonyl (C=O) groups is 1. The van der Waals surface area contributed by atoms with Crippen molar-refractivity contribution in [1.29, 1.82) is 0 Å². The van der Waals surface area contributed by atoms with Crippen LogP contribution in [0.5, 0.6) is 0 Å². The van der Waals surface area contributed by atoms with Crippen molar-refractivity contribution in [2.75, 3.05) is 6.61 Å². The fourth-order valence-corrected chi connectivity index (χ4v) is 2.93. The van der Waals surface area contributed by atoms with Gasteiger partial charge in [-0.25, -0.2) is 0 Å². The molecule has 0 saturated carbocycles. The molecule has 1 heterocycles. The summed E-state index contributed by atoms with van der Waals surface area (Å²) in [6, 6.07) is 17.3. The van der Waals surface area contributed by atoms with Crippen LogP contribution in [0.1, 0.15) is 40.4 Å². The summed E-state index contributed by atoms with van der Waals surface area (Å²) in [7, 11) is 0. The number of ether oxygens (including phenoxy) is 1. The van der Waals surface area contributed by atoms with Gasteiger partial charge in [0.05, 0.1) is 12.1 Å². The van der Waals surface area contributed by atoms with Gasteiger partial charge in [-0.05, 0) is 36.1 Å². The Labute approximate surface area is 136 Å². The minimum atomic E-state index is -0.125. The normalized spacial score (nSPS) is 18.6. The summed E-state index contributed by atoms with van der Waals surface area (Å²) in [4.78, 5) is 12.6. The van der Waals surface area contributed by atoms with Crippen LogP contribution >= 0.6 is 0 Å². The van der Waals surface area contributed by atoms with E-state index in [0.717, 1.165) is 30.6 Å². The molecule has 0 spiro atoms. The van der Waals surface area contributed by atoms with Gasteiger partial charge in [0.1, 0.15) is 0 Å². The van der Waals surface area contributed by atoms with Crippen molar-refractivity contribution in [2.45, 2.75) is 31.5 Å². The molecule has 0 bridgehead atoms. The van der Waals surface area contributed by atoms with Gasteiger partial charge in [-0.1, -0.05) is 42.5 Å². The molecule has 1 amide bonds. The van der Waals surface area contributed by atoms with Gasteiger partial charge in [0.15, 0.2) is 0 Å². The molecule has 3 rings (SSSR count). The van der Waals surface area contributed by atoms with Crippen LogP contribution in [0.2, 0.25) is 0 Å². The predicted octanol–water partition coefficient (Wildman–Crippen LogP) is 2.80. The third kappa shape index (κ3) is 3.78. The molecule has 1 aliphatic heterocycles. The van der Waals surface area contributed by atoms with Gasteiger partial charge in [0.25, 0.3) is 5.91 Å². The summed E-state index contributed by atoms with van der Waals surface area (Å²) in [6.07, 6.45) is 2.03. The Morgan fingerprint density at radius 1 is 1.17 bits per heavy atom. The molecule has 4 heteroatoms. The van der Waals surface area contributed by atoms with Crippen LogP contribution in [0.15, 0.2) is 54.6 Å². The zero-order chi connectivity index (χ0) is 16.1. The third-order valence-corrected chi connectivity index (χ3v) is 4.23. The van der Waals surface area contributed by atoms with Gasteiger partial charge in [-0.15, -0.1) is 0 Å². The third-order valence-electron chi connectivity index (χ3n) is 4.23. The largest absolute Gasteiger partial charge is 0.376 e. The highest BCUT2D eigenvalue weighted by Gasteiger charge is 2.28. The molecule has 3 N–H and O–H groups in total. The van der Waals surface area contributed by atoms with Crippen molar-refractivity contribution in [3.8, 4) is 0 Å². The molecule has 1 saturated heterocycles. The molecule has 2 atom stereocenters. The van der Waals surface area contributed by atoms with Crippen LogP contribution < -0.4 is 11.1 Å². The van der Waals surface area contributed by atoms with E-state index in [9.17, 15) is 4.79 Å². The van der Waals surface area contributed by atoms with Crippen molar-refractivity contribution in [3.63, 3.8) is 0 Å². The quantitative estimate of drug-likeness (QED) is 0.892. The number of carbonyl (C=O) groups excluding carboxylic acids is 1. The summed E-state index contributed by atoms with van der Waals surface area (Å²) >= 11 is 0. The maximum absolute atomic E-state index is 12.6. The molecule has 0 radical (unpaired) electrons. The Balaban J connectivity index is 1.78. The second-order valence-corrected chi connectivity index (χ2v) is 5.81. The highest BCUT2D eigenvalue weighted by atomic mass is 16.5. The second kappa shape index (κ2) is 7.40. The van der Waals surface area contributed by atoms with Crippen LogP contribution in [0.4, 0.5) is 0 Å². The first kappa shape index (κ1) is 15.7. The number of nitrogens with one attached hydrogen (secondary N) is 1. The van der Waals surface area contributed by atoms with E-state index < -0.39 is 0 Å². The van der Waals surface area contributed by atoms with Gasteiger partial charge < -0.3 is 15.8 Å². The van der Waals surface area contributed by atoms with Crippen molar-refractivity contribution in [1.82, 2.24) is 5.32 Å². The lowest BCUT2D eigenvalue weighted by molar-refractivity contribution is 0.0672. The highest BCUT2D eigenvalue weighted by molar-refractivity contribution is 5.94. The van der Waals surface area contributed by atoms with Gasteiger partial charge in [0.2, 0.25) is 0 Å². The first-order chi connectivity index (χ1) is 11.3. The molecule has 120 valence electrons. The van der Waals surface area contributed by atoms with E-state index in [4.69, 9.17) is 10.5 Å². The monoisotopic (exact) mass is 310 g/mol. The van der Waals surface area contributed by atoms with E-state index in [1.807, 2.05) is 54.6 Å². The average molecular weight is 310 g/mol. The molecule has 2 aromatic carbocycles. The molecule has 1 fully saturated rings. The van der Waals surface area contributed by atoms with Crippen LogP contribution in [0.25, 0.3) is 0 Å². The van der Waals surface area contributed by atoms with Crippen LogP contribution in [-0.2, 0) is 11.3 Å². The Morgan fingerprint density at radius 3 is 2.52 bits per heavy atom.